The fraction of sp³-hybridized carbons (Fsp3) is 0.250. The minimum absolute atomic E-state index is 0.0103. The number of carbonyl (C=O) groups excluding carboxylic acids is 1. The number of halogens is 2. The van der Waals surface area contributed by atoms with E-state index in [9.17, 15) is 9.18 Å². The Bertz CT molecular complexity index is 1030. The van der Waals surface area contributed by atoms with Gasteiger partial charge in [-0.05, 0) is 30.2 Å². The van der Waals surface area contributed by atoms with Crippen molar-refractivity contribution in [1.29, 1.82) is 5.41 Å². The maximum atomic E-state index is 14.5. The molecule has 0 aliphatic carbocycles. The summed E-state index contributed by atoms with van der Waals surface area (Å²) in [4.78, 5) is 12.8. The predicted molar refractivity (Wildman–Crippen MR) is 121 cm³/mol. The van der Waals surface area contributed by atoms with Crippen molar-refractivity contribution in [3.05, 3.63) is 76.7 Å². The van der Waals surface area contributed by atoms with Gasteiger partial charge in [0, 0.05) is 35.5 Å². The number of carbonyl (C=O) groups is 1. The molecule has 3 rings (SSSR count). The molecule has 0 aromatic heterocycles. The lowest BCUT2D eigenvalue weighted by Gasteiger charge is -2.25. The van der Waals surface area contributed by atoms with Crippen LogP contribution in [0, 0.1) is 5.41 Å². The molecule has 1 aliphatic rings. The average Bonchev–Trinajstić information content (AvgIpc) is 2.79. The molecule has 0 saturated carbocycles. The number of benzene rings is 2. The van der Waals surface area contributed by atoms with Crippen molar-refractivity contribution >= 4 is 28.7 Å². The van der Waals surface area contributed by atoms with Gasteiger partial charge in [-0.25, -0.2) is 4.39 Å². The second kappa shape index (κ2) is 10.3. The highest BCUT2D eigenvalue weighted by atomic mass is 35.5. The van der Waals surface area contributed by atoms with Gasteiger partial charge in [-0.15, -0.1) is 0 Å². The van der Waals surface area contributed by atoms with Gasteiger partial charge in [0.15, 0.2) is 17.6 Å². The van der Waals surface area contributed by atoms with Crippen molar-refractivity contribution in [1.82, 2.24) is 5.32 Å². The Balaban J connectivity index is 1.75. The number of unbranched alkanes of at least 4 members (excludes halogenated alkanes) is 1. The van der Waals surface area contributed by atoms with Gasteiger partial charge in [-0.2, -0.15) is 0 Å². The second-order valence-corrected chi connectivity index (χ2v) is 7.45. The minimum atomic E-state index is -0.938. The summed E-state index contributed by atoms with van der Waals surface area (Å²) in [6.07, 6.45) is 3.69. The minimum Gasteiger partial charge on any atom is -0.485 e. The molecule has 31 heavy (non-hydrogen) atoms. The summed E-state index contributed by atoms with van der Waals surface area (Å²) < 4.78 is 25.8. The topological polar surface area (TPSA) is 71.4 Å². The zero-order valence-electron chi connectivity index (χ0n) is 17.4. The molecule has 0 fully saturated rings. The van der Waals surface area contributed by atoms with Crippen LogP contribution in [0.4, 0.5) is 4.39 Å². The van der Waals surface area contributed by atoms with Crippen molar-refractivity contribution in [2.24, 2.45) is 0 Å². The van der Waals surface area contributed by atoms with Gasteiger partial charge in [-0.1, -0.05) is 49.2 Å². The van der Waals surface area contributed by atoms with Crippen molar-refractivity contribution in [2.75, 3.05) is 13.7 Å². The molecule has 162 valence electrons. The fourth-order valence-corrected chi connectivity index (χ4v) is 3.27. The molecule has 2 aromatic rings. The highest BCUT2D eigenvalue weighted by molar-refractivity contribution is 6.46. The fourth-order valence-electron chi connectivity index (χ4n) is 3.11. The molecule has 2 N–H and O–H groups in total. The highest BCUT2D eigenvalue weighted by Gasteiger charge is 2.30. The third kappa shape index (κ3) is 5.33. The number of nitrogens with one attached hydrogen (secondary N) is 2. The average molecular weight is 443 g/mol. The molecule has 5 nitrogen and oxygen atoms in total. The number of rotatable bonds is 8. The van der Waals surface area contributed by atoms with Gasteiger partial charge in [-0.3, -0.25) is 10.2 Å². The van der Waals surface area contributed by atoms with E-state index in [4.69, 9.17) is 26.5 Å². The van der Waals surface area contributed by atoms with Crippen LogP contribution in [0.2, 0.25) is 5.02 Å². The molecule has 1 aliphatic heterocycles. The van der Waals surface area contributed by atoms with Crippen molar-refractivity contribution < 1.29 is 18.7 Å². The molecular weight excluding hydrogens is 419 g/mol. The van der Waals surface area contributed by atoms with Crippen LogP contribution in [0.25, 0.3) is 5.57 Å². The maximum absolute atomic E-state index is 14.5. The summed E-state index contributed by atoms with van der Waals surface area (Å²) in [7, 11) is 1.70. The first kappa shape index (κ1) is 22.6. The standard InChI is InChI=1S/C24H24ClFN2O3/c1-3-4-5-19(26)18(13-28-2)15-6-8-16(9-7-15)23(27)24(29)22-14-30-20-11-10-17(25)12-21(20)31-22/h5-13,22,27-28H,3-4,14H2,1-2H3/b18-13?,19-5+,27-23?. The molecule has 1 atom stereocenters. The summed E-state index contributed by atoms with van der Waals surface area (Å²) in [5, 5.41) is 11.6. The van der Waals surface area contributed by atoms with Crippen LogP contribution in [0.15, 0.2) is 60.6 Å². The number of hydrogen-bond donors (Lipinski definition) is 2. The number of ketones is 1. The normalized spacial score (nSPS) is 16.1. The quantitative estimate of drug-likeness (QED) is 0.428. The zero-order valence-corrected chi connectivity index (χ0v) is 18.1. The lowest BCUT2D eigenvalue weighted by molar-refractivity contribution is -0.121. The zero-order chi connectivity index (χ0) is 22.4. The van der Waals surface area contributed by atoms with Gasteiger partial charge >= 0.3 is 0 Å². The molecule has 2 aromatic carbocycles. The van der Waals surface area contributed by atoms with E-state index in [1.54, 1.807) is 61.8 Å². The number of Topliss-reactive ketones (excluding diaryl/α,β-unsaturated/α-hetero) is 1. The Morgan fingerprint density at radius 1 is 1.23 bits per heavy atom. The molecule has 0 radical (unpaired) electrons. The molecule has 1 heterocycles. The highest BCUT2D eigenvalue weighted by Crippen LogP contribution is 2.34. The smallest absolute Gasteiger partial charge is 0.225 e. The van der Waals surface area contributed by atoms with Crippen LogP contribution in [0.1, 0.15) is 30.9 Å². The first-order valence-corrected chi connectivity index (χ1v) is 10.4. The summed E-state index contributed by atoms with van der Waals surface area (Å²) in [6, 6.07) is 11.5. The Kier molecular flexibility index (Phi) is 7.47. The number of fused-ring (bicyclic) bond motifs is 1. The largest absolute Gasteiger partial charge is 0.485 e. The van der Waals surface area contributed by atoms with E-state index < -0.39 is 11.9 Å². The monoisotopic (exact) mass is 442 g/mol. The van der Waals surface area contributed by atoms with Crippen LogP contribution < -0.4 is 14.8 Å². The van der Waals surface area contributed by atoms with E-state index in [1.807, 2.05) is 6.92 Å². The summed E-state index contributed by atoms with van der Waals surface area (Å²) in [5.74, 6) is 0.0568. The van der Waals surface area contributed by atoms with Gasteiger partial charge in [0.1, 0.15) is 18.1 Å². The Hall–Kier alpha value is -3.12. The lowest BCUT2D eigenvalue weighted by Crippen LogP contribution is -2.40. The first-order valence-electron chi connectivity index (χ1n) is 10.0. The van der Waals surface area contributed by atoms with E-state index in [-0.39, 0.29) is 18.1 Å². The third-order valence-corrected chi connectivity index (χ3v) is 4.98. The van der Waals surface area contributed by atoms with Gasteiger partial charge < -0.3 is 14.8 Å². The molecule has 1 unspecified atom stereocenters. The van der Waals surface area contributed by atoms with Gasteiger partial charge in [0.25, 0.3) is 0 Å². The molecular formula is C24H24ClFN2O3. The van der Waals surface area contributed by atoms with Crippen molar-refractivity contribution in [2.45, 2.75) is 25.9 Å². The van der Waals surface area contributed by atoms with Gasteiger partial charge in [0.2, 0.25) is 5.78 Å². The molecule has 0 amide bonds. The Labute approximate surface area is 186 Å². The molecule has 0 bridgehead atoms. The van der Waals surface area contributed by atoms with Crippen LogP contribution in [-0.2, 0) is 4.79 Å². The number of hydrogen-bond acceptors (Lipinski definition) is 5. The van der Waals surface area contributed by atoms with Crippen LogP contribution >= 0.6 is 11.6 Å². The van der Waals surface area contributed by atoms with E-state index in [1.165, 1.54) is 0 Å². The molecule has 0 spiro atoms. The second-order valence-electron chi connectivity index (χ2n) is 7.01. The summed E-state index contributed by atoms with van der Waals surface area (Å²) in [6.45, 7) is 1.99. The van der Waals surface area contributed by atoms with Crippen LogP contribution in [0.5, 0.6) is 11.5 Å². The number of ether oxygens (including phenoxy) is 2. The third-order valence-electron chi connectivity index (χ3n) is 4.75. The van der Waals surface area contributed by atoms with Crippen molar-refractivity contribution in [3.63, 3.8) is 0 Å². The summed E-state index contributed by atoms with van der Waals surface area (Å²) in [5.41, 5.74) is 1.27. The number of allylic oxidation sites excluding steroid dienone is 3. The molecule has 7 heteroatoms. The lowest BCUT2D eigenvalue weighted by atomic mass is 9.98. The molecule has 0 saturated heterocycles. The Morgan fingerprint density at radius 3 is 2.61 bits per heavy atom. The van der Waals surface area contributed by atoms with E-state index in [0.717, 1.165) is 6.42 Å². The Morgan fingerprint density at radius 2 is 1.94 bits per heavy atom. The maximum Gasteiger partial charge on any atom is 0.225 e. The predicted octanol–water partition coefficient (Wildman–Crippen LogP) is 5.33. The summed E-state index contributed by atoms with van der Waals surface area (Å²) >= 11 is 5.97. The van der Waals surface area contributed by atoms with E-state index >= 15 is 0 Å². The van der Waals surface area contributed by atoms with Gasteiger partial charge in [0.05, 0.1) is 0 Å². The van der Waals surface area contributed by atoms with Crippen LogP contribution in [-0.4, -0.2) is 31.3 Å². The van der Waals surface area contributed by atoms with E-state index in [0.29, 0.717) is 39.6 Å². The van der Waals surface area contributed by atoms with Crippen LogP contribution in [0.3, 0.4) is 0 Å². The first-order chi connectivity index (χ1) is 14.9. The van der Waals surface area contributed by atoms with E-state index in [2.05, 4.69) is 5.32 Å². The SMILES string of the molecule is CCC/C=C(/F)C(=CNC)c1ccc(C(=N)C(=O)C2COc3ccc(Cl)cc3O2)cc1. The van der Waals surface area contributed by atoms with Crippen molar-refractivity contribution in [3.8, 4) is 11.5 Å².